The molecule has 2 aliphatic rings. The zero-order chi connectivity index (χ0) is 13.9. The lowest BCUT2D eigenvalue weighted by Gasteiger charge is -2.38. The summed E-state index contributed by atoms with van der Waals surface area (Å²) in [6, 6.07) is 0.278. The number of aliphatic hydroxyl groups excluding tert-OH is 1. The fourth-order valence-electron chi connectivity index (χ4n) is 3.68. The van der Waals surface area contributed by atoms with Crippen LogP contribution >= 0.6 is 0 Å². The first-order valence-electron chi connectivity index (χ1n) is 7.89. The predicted molar refractivity (Wildman–Crippen MR) is 77.0 cm³/mol. The highest BCUT2D eigenvalue weighted by molar-refractivity contribution is 5.82. The van der Waals surface area contributed by atoms with Crippen molar-refractivity contribution in [1.29, 1.82) is 0 Å². The lowest BCUT2D eigenvalue weighted by atomic mass is 9.71. The highest BCUT2D eigenvalue weighted by Gasteiger charge is 2.35. The molecule has 1 heterocycles. The summed E-state index contributed by atoms with van der Waals surface area (Å²) < 4.78 is 0. The van der Waals surface area contributed by atoms with E-state index in [1.165, 1.54) is 19.3 Å². The van der Waals surface area contributed by atoms with Crippen molar-refractivity contribution in [3.05, 3.63) is 0 Å². The maximum atomic E-state index is 12.1. The third kappa shape index (κ3) is 4.03. The largest absolute Gasteiger partial charge is 0.395 e. The van der Waals surface area contributed by atoms with Crippen LogP contribution < -0.4 is 0 Å². The first kappa shape index (κ1) is 15.0. The van der Waals surface area contributed by atoms with Crippen LogP contribution in [-0.4, -0.2) is 41.5 Å². The number of hydrogen-bond acceptors (Lipinski definition) is 3. The van der Waals surface area contributed by atoms with Crippen LogP contribution in [0.15, 0.2) is 0 Å². The Morgan fingerprint density at radius 2 is 2.11 bits per heavy atom. The summed E-state index contributed by atoms with van der Waals surface area (Å²) in [6.07, 6.45) is 7.56. The average Bonchev–Trinajstić information content (AvgIpc) is 2.58. The Morgan fingerprint density at radius 3 is 2.84 bits per heavy atom. The first-order valence-corrected chi connectivity index (χ1v) is 7.89. The number of nitrogens with zero attached hydrogens (tertiary/aromatic N) is 1. The van der Waals surface area contributed by atoms with Gasteiger partial charge in [0, 0.05) is 24.9 Å². The molecule has 110 valence electrons. The molecule has 0 spiro atoms. The van der Waals surface area contributed by atoms with Crippen LogP contribution in [0.25, 0.3) is 0 Å². The highest BCUT2D eigenvalue weighted by Crippen LogP contribution is 2.37. The van der Waals surface area contributed by atoms with Crippen LogP contribution in [0.5, 0.6) is 0 Å². The molecule has 3 nitrogen and oxygen atoms in total. The summed E-state index contributed by atoms with van der Waals surface area (Å²) in [5, 5.41) is 9.56. The molecule has 0 aromatic rings. The van der Waals surface area contributed by atoms with Gasteiger partial charge in [-0.3, -0.25) is 9.69 Å². The van der Waals surface area contributed by atoms with Crippen molar-refractivity contribution in [2.45, 2.75) is 64.8 Å². The van der Waals surface area contributed by atoms with E-state index in [0.717, 1.165) is 38.8 Å². The average molecular weight is 267 g/mol. The van der Waals surface area contributed by atoms with Gasteiger partial charge in [0.05, 0.1) is 6.61 Å². The fraction of sp³-hybridized carbons (Fsp3) is 0.938. The monoisotopic (exact) mass is 267 g/mol. The second-order valence-corrected chi connectivity index (χ2v) is 7.21. The summed E-state index contributed by atoms with van der Waals surface area (Å²) >= 11 is 0. The molecule has 19 heavy (non-hydrogen) atoms. The van der Waals surface area contributed by atoms with Crippen molar-refractivity contribution < 1.29 is 9.90 Å². The maximum Gasteiger partial charge on any atom is 0.137 e. The molecule has 2 atom stereocenters. The number of hydrogen-bond donors (Lipinski definition) is 1. The van der Waals surface area contributed by atoms with E-state index in [1.54, 1.807) is 0 Å². The molecule has 0 bridgehead atoms. The Balaban J connectivity index is 1.98. The molecular weight excluding hydrogens is 238 g/mol. The molecule has 0 aromatic heterocycles. The number of carbonyl (C=O) groups is 1. The summed E-state index contributed by atoms with van der Waals surface area (Å²) in [5.74, 6) is 0.635. The van der Waals surface area contributed by atoms with E-state index < -0.39 is 0 Å². The minimum absolute atomic E-state index is 0.191. The molecule has 2 unspecified atom stereocenters. The van der Waals surface area contributed by atoms with Crippen molar-refractivity contribution in [2.75, 3.05) is 19.7 Å². The second-order valence-electron chi connectivity index (χ2n) is 7.21. The van der Waals surface area contributed by atoms with E-state index in [4.69, 9.17) is 0 Å². The van der Waals surface area contributed by atoms with Gasteiger partial charge in [-0.25, -0.2) is 0 Å². The Bertz CT molecular complexity index is 314. The molecular formula is C16H29NO2. The van der Waals surface area contributed by atoms with Gasteiger partial charge in [0.25, 0.3) is 0 Å². The van der Waals surface area contributed by atoms with Gasteiger partial charge in [0.15, 0.2) is 0 Å². The van der Waals surface area contributed by atoms with Crippen molar-refractivity contribution in [3.63, 3.8) is 0 Å². The van der Waals surface area contributed by atoms with Crippen molar-refractivity contribution in [3.8, 4) is 0 Å². The molecule has 0 radical (unpaired) electrons. The van der Waals surface area contributed by atoms with Gasteiger partial charge >= 0.3 is 0 Å². The highest BCUT2D eigenvalue weighted by atomic mass is 16.3. The topological polar surface area (TPSA) is 40.5 Å². The number of carbonyl (C=O) groups excluding carboxylic acids is 1. The van der Waals surface area contributed by atoms with Crippen molar-refractivity contribution in [1.82, 2.24) is 4.90 Å². The summed E-state index contributed by atoms with van der Waals surface area (Å²) in [4.78, 5) is 14.5. The third-order valence-corrected chi connectivity index (χ3v) is 4.97. The SMILES string of the molecule is CC1(C)CCC(=O)C(CN2CCCCCC2CO)C1. The first-order chi connectivity index (χ1) is 9.02. The Kier molecular flexibility index (Phi) is 5.02. The van der Waals surface area contributed by atoms with E-state index in [1.807, 2.05) is 0 Å². The van der Waals surface area contributed by atoms with Gasteiger partial charge in [-0.1, -0.05) is 26.7 Å². The number of ketones is 1. The quantitative estimate of drug-likeness (QED) is 0.854. The molecule has 1 aliphatic carbocycles. The second kappa shape index (κ2) is 6.36. The number of likely N-dealkylation sites (tertiary alicyclic amines) is 1. The predicted octanol–water partition coefficient (Wildman–Crippen LogP) is 2.62. The molecule has 0 amide bonds. The van der Waals surface area contributed by atoms with Crippen molar-refractivity contribution >= 4 is 5.78 Å². The number of Topliss-reactive ketones (excluding diaryl/α,β-unsaturated/α-hetero) is 1. The minimum Gasteiger partial charge on any atom is -0.395 e. The third-order valence-electron chi connectivity index (χ3n) is 4.97. The Hall–Kier alpha value is -0.410. The maximum absolute atomic E-state index is 12.1. The lowest BCUT2D eigenvalue weighted by molar-refractivity contribution is -0.128. The van der Waals surface area contributed by atoms with E-state index in [2.05, 4.69) is 18.7 Å². The van der Waals surface area contributed by atoms with Crippen LogP contribution in [0.2, 0.25) is 0 Å². The van der Waals surface area contributed by atoms with E-state index in [-0.39, 0.29) is 18.6 Å². The van der Waals surface area contributed by atoms with Gasteiger partial charge in [0.2, 0.25) is 0 Å². The molecule has 2 rings (SSSR count). The molecule has 3 heteroatoms. The Morgan fingerprint density at radius 1 is 1.32 bits per heavy atom. The van der Waals surface area contributed by atoms with E-state index in [9.17, 15) is 9.90 Å². The molecule has 2 fully saturated rings. The van der Waals surface area contributed by atoms with Gasteiger partial charge in [-0.05, 0) is 37.6 Å². The van der Waals surface area contributed by atoms with Crippen molar-refractivity contribution in [2.24, 2.45) is 11.3 Å². The standard InChI is InChI=1S/C16H29NO2/c1-16(2)8-7-15(19)13(10-16)11-17-9-5-3-4-6-14(17)12-18/h13-14,18H,3-12H2,1-2H3. The van der Waals surface area contributed by atoms with Crippen LogP contribution in [0, 0.1) is 11.3 Å². The summed E-state index contributed by atoms with van der Waals surface area (Å²) in [7, 11) is 0. The zero-order valence-corrected chi connectivity index (χ0v) is 12.5. The summed E-state index contributed by atoms with van der Waals surface area (Å²) in [5.41, 5.74) is 0.305. The van der Waals surface area contributed by atoms with Crippen LogP contribution in [0.4, 0.5) is 0 Å². The van der Waals surface area contributed by atoms with Gasteiger partial charge < -0.3 is 5.11 Å². The van der Waals surface area contributed by atoms with Crippen LogP contribution in [-0.2, 0) is 4.79 Å². The number of aliphatic hydroxyl groups is 1. The van der Waals surface area contributed by atoms with Gasteiger partial charge in [0.1, 0.15) is 5.78 Å². The Labute approximate surface area is 117 Å². The molecule has 1 saturated heterocycles. The zero-order valence-electron chi connectivity index (χ0n) is 12.5. The molecule has 1 N–H and O–H groups in total. The van der Waals surface area contributed by atoms with Crippen LogP contribution in [0.3, 0.4) is 0 Å². The number of rotatable bonds is 3. The van der Waals surface area contributed by atoms with Gasteiger partial charge in [-0.2, -0.15) is 0 Å². The van der Waals surface area contributed by atoms with Crippen LogP contribution in [0.1, 0.15) is 58.8 Å². The minimum atomic E-state index is 0.191. The molecule has 0 aromatic carbocycles. The smallest absolute Gasteiger partial charge is 0.137 e. The van der Waals surface area contributed by atoms with E-state index >= 15 is 0 Å². The normalized spacial score (nSPS) is 33.1. The molecule has 1 aliphatic heterocycles. The van der Waals surface area contributed by atoms with E-state index in [0.29, 0.717) is 11.2 Å². The molecule has 1 saturated carbocycles. The lowest BCUT2D eigenvalue weighted by Crippen LogP contribution is -2.44. The summed E-state index contributed by atoms with van der Waals surface area (Å²) in [6.45, 7) is 6.71. The van der Waals surface area contributed by atoms with Gasteiger partial charge in [-0.15, -0.1) is 0 Å². The fourth-order valence-corrected chi connectivity index (χ4v) is 3.68.